The molecule has 3 nitrogen and oxygen atoms in total. The maximum atomic E-state index is 5.58. The molecule has 0 aromatic carbocycles. The summed E-state index contributed by atoms with van der Waals surface area (Å²) in [6.07, 6.45) is 4.09. The minimum Gasteiger partial charge on any atom is -0.469 e. The van der Waals surface area contributed by atoms with E-state index in [4.69, 9.17) is 9.15 Å². The average molecular weight is 205 g/mol. The third-order valence-electron chi connectivity index (χ3n) is 4.43. The van der Waals surface area contributed by atoms with E-state index in [1.54, 1.807) is 0 Å². The molecular formula is C12H15NO2. The molecule has 0 amide bonds. The maximum absolute atomic E-state index is 5.58. The third kappa shape index (κ3) is 0.887. The van der Waals surface area contributed by atoms with Crippen LogP contribution in [-0.4, -0.2) is 19.8 Å². The highest BCUT2D eigenvalue weighted by atomic mass is 16.5. The van der Waals surface area contributed by atoms with Gasteiger partial charge in [0.15, 0.2) is 0 Å². The van der Waals surface area contributed by atoms with Gasteiger partial charge in [-0.3, -0.25) is 0 Å². The first-order valence-corrected chi connectivity index (χ1v) is 5.80. The Bertz CT molecular complexity index is 400. The Morgan fingerprint density at radius 3 is 3.33 bits per heavy atom. The van der Waals surface area contributed by atoms with E-state index in [9.17, 15) is 0 Å². The molecule has 1 aromatic heterocycles. The van der Waals surface area contributed by atoms with Gasteiger partial charge in [-0.1, -0.05) is 0 Å². The second kappa shape index (κ2) is 2.66. The number of hydrogen-bond acceptors (Lipinski definition) is 3. The number of furan rings is 1. The predicted molar refractivity (Wildman–Crippen MR) is 54.5 cm³/mol. The zero-order chi connectivity index (χ0) is 9.88. The summed E-state index contributed by atoms with van der Waals surface area (Å²) in [7, 11) is 0. The molecule has 3 unspecified atom stereocenters. The third-order valence-corrected chi connectivity index (χ3v) is 4.43. The van der Waals surface area contributed by atoms with Crippen molar-refractivity contribution in [1.82, 2.24) is 5.32 Å². The summed E-state index contributed by atoms with van der Waals surface area (Å²) in [5, 5.41) is 3.71. The van der Waals surface area contributed by atoms with Crippen molar-refractivity contribution in [3.05, 3.63) is 23.7 Å². The smallest absolute Gasteiger partial charge is 0.110 e. The van der Waals surface area contributed by atoms with Crippen LogP contribution < -0.4 is 5.32 Å². The second-order valence-corrected chi connectivity index (χ2v) is 5.01. The van der Waals surface area contributed by atoms with E-state index in [-0.39, 0.29) is 5.54 Å². The quantitative estimate of drug-likeness (QED) is 0.693. The van der Waals surface area contributed by atoms with Crippen LogP contribution in [0.5, 0.6) is 0 Å². The zero-order valence-corrected chi connectivity index (χ0v) is 8.66. The summed E-state index contributed by atoms with van der Waals surface area (Å²) in [6.45, 7) is 2.92. The fourth-order valence-electron chi connectivity index (χ4n) is 3.69. The van der Waals surface area contributed by atoms with Crippen LogP contribution in [0.3, 0.4) is 0 Å². The van der Waals surface area contributed by atoms with Crippen LogP contribution in [0.4, 0.5) is 0 Å². The molecule has 0 radical (unpaired) electrons. The van der Waals surface area contributed by atoms with Gasteiger partial charge in [0.2, 0.25) is 0 Å². The first-order valence-electron chi connectivity index (χ1n) is 5.80. The molecule has 1 N–H and O–H groups in total. The lowest BCUT2D eigenvalue weighted by atomic mass is 9.57. The molecule has 15 heavy (non-hydrogen) atoms. The number of fused-ring (bicyclic) bond motifs is 4. The van der Waals surface area contributed by atoms with Crippen LogP contribution in [0, 0.1) is 11.8 Å². The lowest BCUT2D eigenvalue weighted by molar-refractivity contribution is 0.0300. The molecule has 4 rings (SSSR count). The van der Waals surface area contributed by atoms with Gasteiger partial charge in [0, 0.05) is 31.1 Å². The molecule has 0 bridgehead atoms. The molecule has 3 atom stereocenters. The highest BCUT2D eigenvalue weighted by molar-refractivity contribution is 5.35. The fourth-order valence-corrected chi connectivity index (χ4v) is 3.69. The molecule has 3 aliphatic rings. The molecule has 1 spiro atoms. The summed E-state index contributed by atoms with van der Waals surface area (Å²) in [5.41, 5.74) is 1.60. The highest BCUT2D eigenvalue weighted by Crippen LogP contribution is 2.55. The molecule has 2 fully saturated rings. The topological polar surface area (TPSA) is 34.4 Å². The first-order chi connectivity index (χ1) is 7.40. The molecule has 2 aliphatic heterocycles. The Balaban J connectivity index is 1.80. The van der Waals surface area contributed by atoms with E-state index in [1.807, 2.05) is 6.26 Å². The van der Waals surface area contributed by atoms with Gasteiger partial charge in [-0.05, 0) is 18.4 Å². The van der Waals surface area contributed by atoms with Gasteiger partial charge in [0.05, 0.1) is 18.4 Å². The first kappa shape index (κ1) is 8.36. The van der Waals surface area contributed by atoms with Crippen LogP contribution in [0.1, 0.15) is 17.7 Å². The minimum atomic E-state index is 0.196. The van der Waals surface area contributed by atoms with Gasteiger partial charge in [-0.25, -0.2) is 0 Å². The van der Waals surface area contributed by atoms with Gasteiger partial charge in [-0.15, -0.1) is 0 Å². The van der Waals surface area contributed by atoms with Crippen LogP contribution in [0.2, 0.25) is 0 Å². The van der Waals surface area contributed by atoms with E-state index in [1.165, 1.54) is 17.7 Å². The fraction of sp³-hybridized carbons (Fsp3) is 0.667. The zero-order valence-electron chi connectivity index (χ0n) is 8.66. The van der Waals surface area contributed by atoms with Gasteiger partial charge >= 0.3 is 0 Å². The van der Waals surface area contributed by atoms with Gasteiger partial charge in [0.25, 0.3) is 0 Å². The molecule has 1 aliphatic carbocycles. The Labute approximate surface area is 88.8 Å². The Kier molecular flexibility index (Phi) is 1.48. The molecule has 80 valence electrons. The second-order valence-electron chi connectivity index (χ2n) is 5.01. The van der Waals surface area contributed by atoms with Crippen LogP contribution in [0.15, 0.2) is 16.7 Å². The van der Waals surface area contributed by atoms with Crippen molar-refractivity contribution in [2.75, 3.05) is 19.8 Å². The monoisotopic (exact) mass is 205 g/mol. The van der Waals surface area contributed by atoms with Crippen molar-refractivity contribution < 1.29 is 9.15 Å². The van der Waals surface area contributed by atoms with Gasteiger partial charge < -0.3 is 14.5 Å². The predicted octanol–water partition coefficient (Wildman–Crippen LogP) is 1.29. The normalized spacial score (nSPS) is 42.4. The Morgan fingerprint density at radius 1 is 1.40 bits per heavy atom. The maximum Gasteiger partial charge on any atom is 0.110 e. The standard InChI is InChI=1S/C12H15NO2/c1-3-13-12(9-2-4-15-11(1)9)5-8-6-14-7-10(8)12/h2,4,8,10,13H,1,3,5-7H2. The minimum absolute atomic E-state index is 0.196. The van der Waals surface area contributed by atoms with Crippen molar-refractivity contribution in [2.24, 2.45) is 11.8 Å². The summed E-state index contributed by atoms with van der Waals surface area (Å²) >= 11 is 0. The molecule has 3 heteroatoms. The van der Waals surface area contributed by atoms with Crippen molar-refractivity contribution >= 4 is 0 Å². The largest absolute Gasteiger partial charge is 0.469 e. The molecule has 1 saturated heterocycles. The van der Waals surface area contributed by atoms with Crippen molar-refractivity contribution in [3.63, 3.8) is 0 Å². The summed E-state index contributed by atoms with van der Waals surface area (Å²) in [5.74, 6) is 2.64. The lowest BCUT2D eigenvalue weighted by Crippen LogP contribution is -2.62. The molecule has 3 heterocycles. The Morgan fingerprint density at radius 2 is 2.40 bits per heavy atom. The number of ether oxygens (including phenoxy) is 1. The van der Waals surface area contributed by atoms with Crippen LogP contribution in [-0.2, 0) is 16.7 Å². The Hall–Kier alpha value is -0.800. The SMILES string of the molecule is c1cc2c(o1)CCNC21CC2COCC21. The van der Waals surface area contributed by atoms with Gasteiger partial charge in [-0.2, -0.15) is 0 Å². The van der Waals surface area contributed by atoms with Crippen molar-refractivity contribution in [1.29, 1.82) is 0 Å². The number of nitrogens with one attached hydrogen (secondary N) is 1. The van der Waals surface area contributed by atoms with E-state index in [0.29, 0.717) is 5.92 Å². The van der Waals surface area contributed by atoms with E-state index >= 15 is 0 Å². The van der Waals surface area contributed by atoms with Gasteiger partial charge in [0.1, 0.15) is 5.76 Å². The average Bonchev–Trinajstić information content (AvgIpc) is 2.82. The molecule has 1 aromatic rings. The summed E-state index contributed by atoms with van der Waals surface area (Å²) < 4.78 is 11.1. The van der Waals surface area contributed by atoms with E-state index in [0.717, 1.165) is 32.1 Å². The molecule has 1 saturated carbocycles. The van der Waals surface area contributed by atoms with Crippen molar-refractivity contribution in [3.8, 4) is 0 Å². The van der Waals surface area contributed by atoms with Crippen LogP contribution >= 0.6 is 0 Å². The van der Waals surface area contributed by atoms with Crippen LogP contribution in [0.25, 0.3) is 0 Å². The lowest BCUT2D eigenvalue weighted by Gasteiger charge is -2.53. The van der Waals surface area contributed by atoms with E-state index < -0.39 is 0 Å². The number of hydrogen-bond donors (Lipinski definition) is 1. The van der Waals surface area contributed by atoms with E-state index in [2.05, 4.69) is 11.4 Å². The van der Waals surface area contributed by atoms with Crippen molar-refractivity contribution in [2.45, 2.75) is 18.4 Å². The summed E-state index contributed by atoms with van der Waals surface area (Å²) in [4.78, 5) is 0. The summed E-state index contributed by atoms with van der Waals surface area (Å²) in [6, 6.07) is 2.15. The number of rotatable bonds is 0. The highest BCUT2D eigenvalue weighted by Gasteiger charge is 2.59. The molecular weight excluding hydrogens is 190 g/mol.